The Morgan fingerprint density at radius 3 is 2.27 bits per heavy atom. The molecule has 2 unspecified atom stereocenters. The van der Waals surface area contributed by atoms with Crippen LogP contribution in [0.5, 0.6) is 5.75 Å². The number of carbonyl (C=O) groups excluding carboxylic acids is 3. The molecule has 2 bridgehead atoms. The van der Waals surface area contributed by atoms with Gasteiger partial charge in [-0.1, -0.05) is 32.9 Å². The lowest BCUT2D eigenvalue weighted by atomic mass is 9.64. The summed E-state index contributed by atoms with van der Waals surface area (Å²) >= 11 is 0. The first kappa shape index (κ1) is 34.7. The van der Waals surface area contributed by atoms with E-state index in [2.05, 4.69) is 13.2 Å². The van der Waals surface area contributed by atoms with E-state index in [1.54, 1.807) is 26.9 Å². The minimum Gasteiger partial charge on any atom is -0.494 e. The van der Waals surface area contributed by atoms with E-state index >= 15 is 0 Å². The smallest absolute Gasteiger partial charge is 0.249 e. The molecule has 248 valence electrons. The minimum atomic E-state index is -1.20. The second-order valence-corrected chi connectivity index (χ2v) is 14.1. The highest BCUT2D eigenvalue weighted by molar-refractivity contribution is 6.03. The largest absolute Gasteiger partial charge is 0.494 e. The maximum absolute atomic E-state index is 14.8. The van der Waals surface area contributed by atoms with Gasteiger partial charge >= 0.3 is 0 Å². The fourth-order valence-corrected chi connectivity index (χ4v) is 8.00. The molecular formula is C36H53N3O6. The third kappa shape index (κ3) is 5.94. The van der Waals surface area contributed by atoms with E-state index in [0.29, 0.717) is 50.3 Å². The Labute approximate surface area is 269 Å². The number of aliphatic hydroxyl groups is 1. The Hall–Kier alpha value is -3.17. The molecule has 0 saturated carbocycles. The van der Waals surface area contributed by atoms with Crippen molar-refractivity contribution in [3.63, 3.8) is 0 Å². The zero-order chi connectivity index (χ0) is 33.3. The van der Waals surface area contributed by atoms with Crippen molar-refractivity contribution in [2.45, 2.75) is 103 Å². The molecule has 3 heterocycles. The Bertz CT molecular complexity index is 1270. The quantitative estimate of drug-likeness (QED) is 0.294. The van der Waals surface area contributed by atoms with Crippen molar-refractivity contribution in [3.05, 3.63) is 49.6 Å². The Balaban J connectivity index is 1.87. The average Bonchev–Trinajstić information content (AvgIpc) is 3.60. The molecule has 9 heteroatoms. The lowest BCUT2D eigenvalue weighted by Crippen LogP contribution is -2.61. The van der Waals surface area contributed by atoms with Crippen molar-refractivity contribution < 1.29 is 29.0 Å². The number of rotatable bonds is 14. The zero-order valence-electron chi connectivity index (χ0n) is 28.3. The first-order valence-corrected chi connectivity index (χ1v) is 16.5. The predicted molar refractivity (Wildman–Crippen MR) is 176 cm³/mol. The summed E-state index contributed by atoms with van der Waals surface area (Å²) < 4.78 is 12.6. The molecule has 0 radical (unpaired) electrons. The van der Waals surface area contributed by atoms with Crippen LogP contribution in [-0.2, 0) is 19.1 Å². The van der Waals surface area contributed by atoms with Crippen LogP contribution in [-0.4, -0.2) is 87.8 Å². The summed E-state index contributed by atoms with van der Waals surface area (Å²) in [6.45, 7) is 22.4. The maximum Gasteiger partial charge on any atom is 0.249 e. The van der Waals surface area contributed by atoms with Crippen molar-refractivity contribution in [1.82, 2.24) is 9.80 Å². The highest BCUT2D eigenvalue weighted by Crippen LogP contribution is 2.65. The molecule has 3 fully saturated rings. The molecule has 3 saturated heterocycles. The molecule has 3 aliphatic heterocycles. The van der Waals surface area contributed by atoms with Crippen molar-refractivity contribution in [1.29, 1.82) is 0 Å². The van der Waals surface area contributed by atoms with Gasteiger partial charge < -0.3 is 29.3 Å². The molecule has 1 aromatic carbocycles. The van der Waals surface area contributed by atoms with Gasteiger partial charge in [-0.3, -0.25) is 14.4 Å². The number of hydrogen-bond donors (Lipinski definition) is 1. The summed E-state index contributed by atoms with van der Waals surface area (Å²) in [4.78, 5) is 49.4. The summed E-state index contributed by atoms with van der Waals surface area (Å²) in [5, 5.41) is 10.7. The molecular weight excluding hydrogens is 570 g/mol. The number of fused-ring (bicyclic) bond motifs is 1. The lowest BCUT2D eigenvalue weighted by molar-refractivity contribution is -0.159. The number of anilines is 1. The van der Waals surface area contributed by atoms with E-state index < -0.39 is 40.7 Å². The molecule has 3 amide bonds. The first-order valence-electron chi connectivity index (χ1n) is 16.5. The highest BCUT2D eigenvalue weighted by Gasteiger charge is 2.79. The van der Waals surface area contributed by atoms with Gasteiger partial charge in [-0.25, -0.2) is 0 Å². The zero-order valence-corrected chi connectivity index (χ0v) is 28.3. The summed E-state index contributed by atoms with van der Waals surface area (Å²) in [5.41, 5.74) is -1.99. The van der Waals surface area contributed by atoms with Crippen LogP contribution in [0.15, 0.2) is 49.6 Å². The Morgan fingerprint density at radius 1 is 1.11 bits per heavy atom. The summed E-state index contributed by atoms with van der Waals surface area (Å²) in [7, 11) is 0. The number of nitrogens with zero attached hydrogens (tertiary/aromatic N) is 3. The summed E-state index contributed by atoms with van der Waals surface area (Å²) in [6.07, 6.45) is 5.42. The SMILES string of the molecule is C=CCN(C(=O)[C@H]1[C@H]2C(=O)N([C@@H](CO)CC(C)C)C(C(=O)N(CC=C)C(C)(C)C)C23CC[C@]1(CC)O3)c1ccc(OCC)cc1. The predicted octanol–water partition coefficient (Wildman–Crippen LogP) is 4.98. The van der Waals surface area contributed by atoms with E-state index in [0.717, 1.165) is 0 Å². The minimum absolute atomic E-state index is 0.162. The fourth-order valence-electron chi connectivity index (χ4n) is 8.00. The van der Waals surface area contributed by atoms with Crippen LogP contribution in [0.1, 0.15) is 74.1 Å². The van der Waals surface area contributed by atoms with E-state index in [1.807, 2.05) is 72.7 Å². The van der Waals surface area contributed by atoms with Gasteiger partial charge in [0.1, 0.15) is 17.4 Å². The van der Waals surface area contributed by atoms with Crippen LogP contribution in [0.2, 0.25) is 0 Å². The molecule has 1 N–H and O–H groups in total. The second-order valence-electron chi connectivity index (χ2n) is 14.1. The number of carbonyl (C=O) groups is 3. The number of hydrogen-bond acceptors (Lipinski definition) is 6. The van der Waals surface area contributed by atoms with Crippen LogP contribution in [0, 0.1) is 17.8 Å². The van der Waals surface area contributed by atoms with Crippen LogP contribution in [0.4, 0.5) is 5.69 Å². The Morgan fingerprint density at radius 2 is 1.76 bits per heavy atom. The molecule has 9 nitrogen and oxygen atoms in total. The molecule has 0 aliphatic carbocycles. The van der Waals surface area contributed by atoms with Crippen molar-refractivity contribution in [3.8, 4) is 5.75 Å². The fraction of sp³-hybridized carbons (Fsp3) is 0.639. The van der Waals surface area contributed by atoms with Gasteiger partial charge in [0.05, 0.1) is 36.7 Å². The molecule has 1 spiro atoms. The molecule has 3 aliphatic rings. The van der Waals surface area contributed by atoms with Crippen LogP contribution in [0.25, 0.3) is 0 Å². The average molecular weight is 624 g/mol. The van der Waals surface area contributed by atoms with Gasteiger partial charge in [-0.15, -0.1) is 13.2 Å². The first-order chi connectivity index (χ1) is 21.3. The van der Waals surface area contributed by atoms with E-state index in [9.17, 15) is 19.5 Å². The van der Waals surface area contributed by atoms with E-state index in [1.165, 1.54) is 0 Å². The number of aliphatic hydroxyl groups excluding tert-OH is 1. The van der Waals surface area contributed by atoms with Crippen molar-refractivity contribution in [2.24, 2.45) is 17.8 Å². The monoisotopic (exact) mass is 623 g/mol. The normalized spacial score (nSPS) is 27.8. The van der Waals surface area contributed by atoms with Gasteiger partial charge in [0.15, 0.2) is 0 Å². The van der Waals surface area contributed by atoms with Crippen LogP contribution >= 0.6 is 0 Å². The molecule has 4 rings (SSSR count). The van der Waals surface area contributed by atoms with Crippen molar-refractivity contribution >= 4 is 23.4 Å². The molecule has 6 atom stereocenters. The molecule has 1 aromatic rings. The van der Waals surface area contributed by atoms with Crippen LogP contribution < -0.4 is 9.64 Å². The van der Waals surface area contributed by atoms with Gasteiger partial charge in [0, 0.05) is 24.3 Å². The molecule has 45 heavy (non-hydrogen) atoms. The maximum atomic E-state index is 14.8. The molecule has 0 aromatic heterocycles. The van der Waals surface area contributed by atoms with Crippen molar-refractivity contribution in [2.75, 3.05) is 31.2 Å². The summed E-state index contributed by atoms with van der Waals surface area (Å²) in [5.74, 6) is -1.57. The van der Waals surface area contributed by atoms with Gasteiger partial charge in [-0.2, -0.15) is 0 Å². The summed E-state index contributed by atoms with van der Waals surface area (Å²) in [6, 6.07) is 5.76. The topological polar surface area (TPSA) is 99.6 Å². The number of benzene rings is 1. The second kappa shape index (κ2) is 13.3. The third-order valence-corrected chi connectivity index (χ3v) is 9.89. The van der Waals surface area contributed by atoms with Gasteiger partial charge in [0.25, 0.3) is 0 Å². The van der Waals surface area contributed by atoms with Gasteiger partial charge in [0.2, 0.25) is 17.7 Å². The number of likely N-dealkylation sites (tertiary alicyclic amines) is 1. The lowest BCUT2D eigenvalue weighted by Gasteiger charge is -2.43. The number of amides is 3. The highest BCUT2D eigenvalue weighted by atomic mass is 16.5. The number of ether oxygens (including phenoxy) is 2. The third-order valence-electron chi connectivity index (χ3n) is 9.89. The van der Waals surface area contributed by atoms with Crippen LogP contribution in [0.3, 0.4) is 0 Å². The Kier molecular flexibility index (Phi) is 10.2. The van der Waals surface area contributed by atoms with E-state index in [4.69, 9.17) is 9.47 Å². The standard InChI is InChI=1S/C36H53N3O6/c1-10-20-37(25-14-16-27(17-15-25)44-13-4)31(41)28-29-32(42)39(26(23-40)22-24(5)6)30(33(43)38(21-11-2)34(7,8)9)36(29)19-18-35(28,12-3)45-36/h10-11,14-17,24,26,28-30,40H,1-2,12-13,18-23H2,3-9H3/t26-,28-,29+,30?,35+,36?/m1/s1. The van der Waals surface area contributed by atoms with Gasteiger partial charge in [-0.05, 0) is 83.6 Å². The van der Waals surface area contributed by atoms with E-state index in [-0.39, 0.29) is 36.8 Å².